The van der Waals surface area contributed by atoms with Crippen LogP contribution in [0.1, 0.15) is 18.4 Å². The van der Waals surface area contributed by atoms with Gasteiger partial charge < -0.3 is 9.57 Å². The van der Waals surface area contributed by atoms with Gasteiger partial charge in [-0.25, -0.2) is 8.78 Å². The van der Waals surface area contributed by atoms with Crippen LogP contribution in [0, 0.1) is 11.6 Å². The predicted octanol–water partition coefficient (Wildman–Crippen LogP) is 3.01. The van der Waals surface area contributed by atoms with Crippen molar-refractivity contribution in [1.29, 1.82) is 0 Å². The molecule has 5 heteroatoms. The maximum atomic E-state index is 13.5. The van der Waals surface area contributed by atoms with Crippen LogP contribution in [0.4, 0.5) is 8.78 Å². The summed E-state index contributed by atoms with van der Waals surface area (Å²) < 4.78 is 31.3. The molecule has 3 nitrogen and oxygen atoms in total. The van der Waals surface area contributed by atoms with Crippen molar-refractivity contribution in [2.24, 2.45) is 5.16 Å². The number of rotatable bonds is 4. The van der Waals surface area contributed by atoms with Crippen LogP contribution >= 0.6 is 0 Å². The Morgan fingerprint density at radius 2 is 2.33 bits per heavy atom. The molecule has 0 aliphatic carbocycles. The fourth-order valence-electron chi connectivity index (χ4n) is 1.76. The van der Waals surface area contributed by atoms with E-state index in [1.165, 1.54) is 19.2 Å². The van der Waals surface area contributed by atoms with Gasteiger partial charge in [-0.1, -0.05) is 11.7 Å². The SMILES string of the molecule is C=C(CC1CC(c2ccc(F)cc2F)=NO1)OC. The number of ether oxygens (including phenoxy) is 1. The molecule has 2 rings (SSSR count). The summed E-state index contributed by atoms with van der Waals surface area (Å²) >= 11 is 0. The number of nitrogens with zero attached hydrogens (tertiary/aromatic N) is 1. The monoisotopic (exact) mass is 253 g/mol. The van der Waals surface area contributed by atoms with Crippen molar-refractivity contribution in [3.63, 3.8) is 0 Å². The van der Waals surface area contributed by atoms with Gasteiger partial charge in [0.1, 0.15) is 17.7 Å². The number of methoxy groups -OCH3 is 1. The summed E-state index contributed by atoms with van der Waals surface area (Å²) in [6, 6.07) is 3.39. The van der Waals surface area contributed by atoms with E-state index in [1.807, 2.05) is 0 Å². The zero-order valence-electron chi connectivity index (χ0n) is 9.95. The van der Waals surface area contributed by atoms with Crippen molar-refractivity contribution in [3.05, 3.63) is 47.7 Å². The second-order valence-electron chi connectivity index (χ2n) is 4.04. The summed E-state index contributed by atoms with van der Waals surface area (Å²) in [7, 11) is 1.53. The van der Waals surface area contributed by atoms with E-state index in [4.69, 9.17) is 9.57 Å². The molecule has 1 aromatic carbocycles. The quantitative estimate of drug-likeness (QED) is 0.772. The van der Waals surface area contributed by atoms with Gasteiger partial charge in [0.15, 0.2) is 0 Å². The molecule has 0 radical (unpaired) electrons. The standard InChI is InChI=1S/C13H13F2NO2/c1-8(17-2)5-10-7-13(16-18-10)11-4-3-9(14)6-12(11)15/h3-4,6,10H,1,5,7H2,2H3. The zero-order chi connectivity index (χ0) is 13.1. The van der Waals surface area contributed by atoms with Crippen LogP contribution in [-0.2, 0) is 9.57 Å². The molecule has 1 atom stereocenters. The smallest absolute Gasteiger partial charge is 0.140 e. The highest BCUT2D eigenvalue weighted by molar-refractivity contribution is 6.01. The van der Waals surface area contributed by atoms with Crippen LogP contribution in [0.5, 0.6) is 0 Å². The minimum Gasteiger partial charge on any atom is -0.502 e. The second-order valence-corrected chi connectivity index (χ2v) is 4.04. The molecule has 1 aliphatic heterocycles. The van der Waals surface area contributed by atoms with E-state index in [0.717, 1.165) is 6.07 Å². The topological polar surface area (TPSA) is 30.8 Å². The minimum atomic E-state index is -0.636. The first-order valence-corrected chi connectivity index (χ1v) is 5.50. The Morgan fingerprint density at radius 1 is 1.56 bits per heavy atom. The van der Waals surface area contributed by atoms with Gasteiger partial charge in [0.05, 0.1) is 18.6 Å². The van der Waals surface area contributed by atoms with Crippen LogP contribution < -0.4 is 0 Å². The highest BCUT2D eigenvalue weighted by atomic mass is 19.1. The Balaban J connectivity index is 2.06. The Morgan fingerprint density at radius 3 is 3.00 bits per heavy atom. The van der Waals surface area contributed by atoms with E-state index >= 15 is 0 Å². The molecule has 1 aromatic rings. The van der Waals surface area contributed by atoms with Gasteiger partial charge in [-0.15, -0.1) is 0 Å². The van der Waals surface area contributed by atoms with Crippen molar-refractivity contribution in [1.82, 2.24) is 0 Å². The second kappa shape index (κ2) is 5.16. The molecular weight excluding hydrogens is 240 g/mol. The van der Waals surface area contributed by atoms with Crippen LogP contribution in [0.25, 0.3) is 0 Å². The van der Waals surface area contributed by atoms with Gasteiger partial charge in [0.25, 0.3) is 0 Å². The number of halogens is 2. The molecule has 0 spiro atoms. The van der Waals surface area contributed by atoms with Crippen molar-refractivity contribution in [2.75, 3.05) is 7.11 Å². The highest BCUT2D eigenvalue weighted by Crippen LogP contribution is 2.23. The van der Waals surface area contributed by atoms with E-state index in [2.05, 4.69) is 11.7 Å². The molecule has 0 fully saturated rings. The van der Waals surface area contributed by atoms with Gasteiger partial charge >= 0.3 is 0 Å². The summed E-state index contributed by atoms with van der Waals surface area (Å²) in [6.45, 7) is 3.69. The van der Waals surface area contributed by atoms with Gasteiger partial charge in [0.2, 0.25) is 0 Å². The third-order valence-corrected chi connectivity index (χ3v) is 2.72. The van der Waals surface area contributed by atoms with E-state index in [1.54, 1.807) is 0 Å². The summed E-state index contributed by atoms with van der Waals surface area (Å²) in [5, 5.41) is 3.82. The molecule has 1 heterocycles. The van der Waals surface area contributed by atoms with E-state index in [0.29, 0.717) is 24.3 Å². The third-order valence-electron chi connectivity index (χ3n) is 2.72. The fourth-order valence-corrected chi connectivity index (χ4v) is 1.76. The first-order chi connectivity index (χ1) is 8.60. The lowest BCUT2D eigenvalue weighted by atomic mass is 10.0. The molecule has 1 aliphatic rings. The normalized spacial score (nSPS) is 18.2. The molecule has 1 unspecified atom stereocenters. The van der Waals surface area contributed by atoms with Crippen LogP contribution in [-0.4, -0.2) is 18.9 Å². The number of oxime groups is 1. The predicted molar refractivity (Wildman–Crippen MR) is 63.2 cm³/mol. The zero-order valence-corrected chi connectivity index (χ0v) is 9.95. The number of hydrogen-bond acceptors (Lipinski definition) is 3. The fraction of sp³-hybridized carbons (Fsp3) is 0.308. The molecule has 0 amide bonds. The van der Waals surface area contributed by atoms with Crippen molar-refractivity contribution in [3.8, 4) is 0 Å². The summed E-state index contributed by atoms with van der Waals surface area (Å²) in [4.78, 5) is 5.16. The highest BCUT2D eigenvalue weighted by Gasteiger charge is 2.25. The molecule has 96 valence electrons. The average molecular weight is 253 g/mol. The lowest BCUT2D eigenvalue weighted by Gasteiger charge is -2.09. The van der Waals surface area contributed by atoms with Crippen LogP contribution in [0.15, 0.2) is 35.7 Å². The first-order valence-electron chi connectivity index (χ1n) is 5.50. The molecular formula is C13H13F2NO2. The van der Waals surface area contributed by atoms with Gasteiger partial charge in [-0.2, -0.15) is 0 Å². The maximum absolute atomic E-state index is 13.5. The number of benzene rings is 1. The summed E-state index contributed by atoms with van der Waals surface area (Å²) in [5.74, 6) is -0.667. The van der Waals surface area contributed by atoms with Crippen LogP contribution in [0.3, 0.4) is 0 Å². The van der Waals surface area contributed by atoms with Gasteiger partial charge in [0, 0.05) is 24.5 Å². The third kappa shape index (κ3) is 2.67. The van der Waals surface area contributed by atoms with Crippen molar-refractivity contribution in [2.45, 2.75) is 18.9 Å². The van der Waals surface area contributed by atoms with E-state index in [9.17, 15) is 8.78 Å². The number of hydrogen-bond donors (Lipinski definition) is 0. The van der Waals surface area contributed by atoms with Crippen molar-refractivity contribution >= 4 is 5.71 Å². The Labute approximate surface area is 104 Å². The molecule has 0 saturated carbocycles. The van der Waals surface area contributed by atoms with E-state index < -0.39 is 11.6 Å². The Bertz CT molecular complexity index is 500. The Hall–Kier alpha value is -1.91. The average Bonchev–Trinajstić information content (AvgIpc) is 2.77. The lowest BCUT2D eigenvalue weighted by Crippen LogP contribution is -2.10. The van der Waals surface area contributed by atoms with Crippen molar-refractivity contribution < 1.29 is 18.4 Å². The largest absolute Gasteiger partial charge is 0.502 e. The molecule has 0 saturated heterocycles. The first kappa shape index (κ1) is 12.5. The molecule has 0 N–H and O–H groups in total. The van der Waals surface area contributed by atoms with E-state index in [-0.39, 0.29) is 11.7 Å². The summed E-state index contributed by atoms with van der Waals surface area (Å²) in [5.41, 5.74) is 0.739. The molecule has 18 heavy (non-hydrogen) atoms. The maximum Gasteiger partial charge on any atom is 0.140 e. The van der Waals surface area contributed by atoms with Gasteiger partial charge in [-0.05, 0) is 12.1 Å². The summed E-state index contributed by atoms with van der Waals surface area (Å²) in [6.07, 6.45) is 0.731. The Kier molecular flexibility index (Phi) is 3.60. The molecule has 0 aromatic heterocycles. The lowest BCUT2D eigenvalue weighted by molar-refractivity contribution is 0.0741. The minimum absolute atomic E-state index is 0.211. The van der Waals surface area contributed by atoms with Gasteiger partial charge in [-0.3, -0.25) is 0 Å². The molecule has 0 bridgehead atoms. The van der Waals surface area contributed by atoms with Crippen LogP contribution in [0.2, 0.25) is 0 Å².